The largest absolute Gasteiger partial charge is 0.378 e. The molecule has 0 aliphatic carbocycles. The summed E-state index contributed by atoms with van der Waals surface area (Å²) in [7, 11) is 0. The summed E-state index contributed by atoms with van der Waals surface area (Å²) in [5.41, 5.74) is 1.06. The normalized spacial score (nSPS) is 17.3. The van der Waals surface area contributed by atoms with Gasteiger partial charge in [-0.15, -0.1) is 0 Å². The lowest BCUT2D eigenvalue weighted by atomic mass is 10.1. The van der Waals surface area contributed by atoms with Gasteiger partial charge in [0, 0.05) is 50.9 Å². The Morgan fingerprint density at radius 2 is 1.64 bits per heavy atom. The summed E-state index contributed by atoms with van der Waals surface area (Å²) in [6.45, 7) is 5.76. The lowest BCUT2D eigenvalue weighted by Gasteiger charge is -2.36. The molecule has 2 aromatic rings. The molecule has 0 saturated carbocycles. The number of aromatic nitrogens is 2. The molecular formula is C20H22N6O2. The molecule has 1 aromatic heterocycles. The van der Waals surface area contributed by atoms with Crippen LogP contribution in [0.2, 0.25) is 0 Å². The zero-order valence-corrected chi connectivity index (χ0v) is 15.6. The van der Waals surface area contributed by atoms with Gasteiger partial charge < -0.3 is 19.4 Å². The van der Waals surface area contributed by atoms with Crippen molar-refractivity contribution in [3.63, 3.8) is 0 Å². The predicted molar refractivity (Wildman–Crippen MR) is 104 cm³/mol. The average Bonchev–Trinajstić information content (AvgIpc) is 2.79. The van der Waals surface area contributed by atoms with Gasteiger partial charge in [0.1, 0.15) is 18.0 Å². The number of carbonyl (C=O) groups is 1. The van der Waals surface area contributed by atoms with Gasteiger partial charge in [0.2, 0.25) is 0 Å². The number of nitrogens with zero attached hydrogens (tertiary/aromatic N) is 6. The molecule has 1 aromatic carbocycles. The topological polar surface area (TPSA) is 85.6 Å². The molecule has 0 radical (unpaired) electrons. The highest BCUT2D eigenvalue weighted by Crippen LogP contribution is 2.20. The minimum Gasteiger partial charge on any atom is -0.378 e. The van der Waals surface area contributed by atoms with Crippen molar-refractivity contribution in [2.24, 2.45) is 0 Å². The van der Waals surface area contributed by atoms with Gasteiger partial charge in [-0.25, -0.2) is 9.97 Å². The van der Waals surface area contributed by atoms with Gasteiger partial charge in [-0.2, -0.15) is 5.26 Å². The second-order valence-corrected chi connectivity index (χ2v) is 6.81. The summed E-state index contributed by atoms with van der Waals surface area (Å²) in [5, 5.41) is 9.03. The lowest BCUT2D eigenvalue weighted by Crippen LogP contribution is -2.49. The molecule has 3 heterocycles. The van der Waals surface area contributed by atoms with Crippen molar-refractivity contribution in [3.8, 4) is 6.07 Å². The van der Waals surface area contributed by atoms with Crippen molar-refractivity contribution in [2.75, 3.05) is 62.3 Å². The van der Waals surface area contributed by atoms with Gasteiger partial charge in [0.15, 0.2) is 0 Å². The first-order chi connectivity index (χ1) is 13.7. The van der Waals surface area contributed by atoms with Crippen LogP contribution in [0, 0.1) is 11.3 Å². The Hall–Kier alpha value is -3.18. The van der Waals surface area contributed by atoms with Crippen LogP contribution in [0.5, 0.6) is 0 Å². The van der Waals surface area contributed by atoms with Crippen molar-refractivity contribution in [1.82, 2.24) is 14.9 Å². The third kappa shape index (κ3) is 3.89. The molecule has 4 rings (SSSR count). The third-order valence-corrected chi connectivity index (χ3v) is 5.10. The van der Waals surface area contributed by atoms with E-state index in [9.17, 15) is 4.79 Å². The van der Waals surface area contributed by atoms with E-state index in [-0.39, 0.29) is 5.91 Å². The van der Waals surface area contributed by atoms with E-state index in [0.29, 0.717) is 50.5 Å². The van der Waals surface area contributed by atoms with Crippen LogP contribution in [0.15, 0.2) is 36.7 Å². The van der Waals surface area contributed by atoms with Gasteiger partial charge in [-0.05, 0) is 18.2 Å². The van der Waals surface area contributed by atoms with E-state index in [1.807, 2.05) is 11.0 Å². The van der Waals surface area contributed by atoms with Crippen LogP contribution in [0.4, 0.5) is 11.6 Å². The smallest absolute Gasteiger partial charge is 0.254 e. The monoisotopic (exact) mass is 378 g/mol. The van der Waals surface area contributed by atoms with Crippen molar-refractivity contribution < 1.29 is 9.53 Å². The number of hydrogen-bond donors (Lipinski definition) is 0. The first-order valence-electron chi connectivity index (χ1n) is 9.44. The van der Waals surface area contributed by atoms with E-state index < -0.39 is 0 Å². The highest BCUT2D eigenvalue weighted by molar-refractivity contribution is 5.94. The third-order valence-electron chi connectivity index (χ3n) is 5.10. The van der Waals surface area contributed by atoms with Gasteiger partial charge in [0.25, 0.3) is 5.91 Å². The highest BCUT2D eigenvalue weighted by Gasteiger charge is 2.24. The molecule has 2 fully saturated rings. The lowest BCUT2D eigenvalue weighted by molar-refractivity contribution is 0.0746. The Morgan fingerprint density at radius 1 is 0.964 bits per heavy atom. The Bertz CT molecular complexity index is 882. The van der Waals surface area contributed by atoms with Gasteiger partial charge in [-0.3, -0.25) is 4.79 Å². The molecule has 0 atom stereocenters. The zero-order chi connectivity index (χ0) is 19.3. The van der Waals surface area contributed by atoms with Crippen LogP contribution in [0.1, 0.15) is 15.9 Å². The maximum atomic E-state index is 12.7. The van der Waals surface area contributed by atoms with Gasteiger partial charge in [-0.1, -0.05) is 6.07 Å². The van der Waals surface area contributed by atoms with Crippen LogP contribution < -0.4 is 9.80 Å². The van der Waals surface area contributed by atoms with Gasteiger partial charge in [0.05, 0.1) is 24.8 Å². The summed E-state index contributed by atoms with van der Waals surface area (Å²) in [4.78, 5) is 27.8. The average molecular weight is 378 g/mol. The Kier molecular flexibility index (Phi) is 5.35. The molecule has 144 valence electrons. The van der Waals surface area contributed by atoms with Crippen molar-refractivity contribution in [1.29, 1.82) is 5.26 Å². The number of anilines is 2. The Balaban J connectivity index is 1.40. The molecular weight excluding hydrogens is 356 g/mol. The van der Waals surface area contributed by atoms with Gasteiger partial charge >= 0.3 is 0 Å². The fourth-order valence-electron chi connectivity index (χ4n) is 3.52. The molecule has 1 amide bonds. The zero-order valence-electron chi connectivity index (χ0n) is 15.6. The van der Waals surface area contributed by atoms with Crippen LogP contribution in [0.3, 0.4) is 0 Å². The molecule has 8 heteroatoms. The SMILES string of the molecule is N#Cc1cccc(C(=O)N2CCN(c3cc(N4CCOCC4)ncn3)CC2)c1. The molecule has 0 spiro atoms. The summed E-state index contributed by atoms with van der Waals surface area (Å²) >= 11 is 0. The van der Waals surface area contributed by atoms with E-state index >= 15 is 0 Å². The van der Waals surface area contributed by atoms with E-state index in [1.165, 1.54) is 0 Å². The number of piperazine rings is 1. The molecule has 0 unspecified atom stereocenters. The molecule has 28 heavy (non-hydrogen) atoms. The minimum atomic E-state index is -0.0338. The Labute approximate surface area is 164 Å². The van der Waals surface area contributed by atoms with Crippen LogP contribution in [-0.2, 0) is 4.74 Å². The Morgan fingerprint density at radius 3 is 2.32 bits per heavy atom. The fraction of sp³-hybridized carbons (Fsp3) is 0.400. The number of carbonyl (C=O) groups excluding carboxylic acids is 1. The molecule has 8 nitrogen and oxygen atoms in total. The van der Waals surface area contributed by atoms with Crippen molar-refractivity contribution in [2.45, 2.75) is 0 Å². The standard InChI is InChI=1S/C20H22N6O2/c21-14-16-2-1-3-17(12-16)20(27)26-6-4-24(5-7-26)18-13-19(23-15-22-18)25-8-10-28-11-9-25/h1-3,12-13,15H,4-11H2. The van der Waals surface area contributed by atoms with E-state index in [1.54, 1.807) is 30.6 Å². The van der Waals surface area contributed by atoms with E-state index in [2.05, 4.69) is 25.8 Å². The maximum absolute atomic E-state index is 12.7. The quantitative estimate of drug-likeness (QED) is 0.792. The predicted octanol–water partition coefficient (Wildman–Crippen LogP) is 1.15. The van der Waals surface area contributed by atoms with E-state index in [4.69, 9.17) is 10.00 Å². The summed E-state index contributed by atoms with van der Waals surface area (Å²) in [6.07, 6.45) is 1.60. The van der Waals surface area contributed by atoms with Crippen LogP contribution in [0.25, 0.3) is 0 Å². The maximum Gasteiger partial charge on any atom is 0.254 e. The first kappa shape index (κ1) is 18.2. The number of nitriles is 1. The second-order valence-electron chi connectivity index (χ2n) is 6.81. The molecule has 0 bridgehead atoms. The van der Waals surface area contributed by atoms with Crippen molar-refractivity contribution >= 4 is 17.5 Å². The molecule has 2 saturated heterocycles. The first-order valence-corrected chi connectivity index (χ1v) is 9.44. The summed E-state index contributed by atoms with van der Waals surface area (Å²) in [5.74, 6) is 1.77. The number of rotatable bonds is 3. The molecule has 2 aliphatic rings. The minimum absolute atomic E-state index is 0.0338. The molecule has 2 aliphatic heterocycles. The number of amides is 1. The molecule has 0 N–H and O–H groups in total. The van der Waals surface area contributed by atoms with Crippen LogP contribution in [-0.4, -0.2) is 73.3 Å². The van der Waals surface area contributed by atoms with E-state index in [0.717, 1.165) is 24.7 Å². The van der Waals surface area contributed by atoms with Crippen molar-refractivity contribution in [3.05, 3.63) is 47.8 Å². The number of ether oxygens (including phenoxy) is 1. The summed E-state index contributed by atoms with van der Waals surface area (Å²) < 4.78 is 5.40. The highest BCUT2D eigenvalue weighted by atomic mass is 16.5. The fourth-order valence-corrected chi connectivity index (χ4v) is 3.52. The summed E-state index contributed by atoms with van der Waals surface area (Å²) in [6, 6.07) is 10.9. The second kappa shape index (κ2) is 8.23. The number of hydrogen-bond acceptors (Lipinski definition) is 7. The van der Waals surface area contributed by atoms with Crippen LogP contribution >= 0.6 is 0 Å². The number of morpholine rings is 1. The number of benzene rings is 1.